The Morgan fingerprint density at radius 3 is 2.61 bits per heavy atom. The van der Waals surface area contributed by atoms with E-state index in [1.54, 1.807) is 11.3 Å². The Labute approximate surface area is 131 Å². The summed E-state index contributed by atoms with van der Waals surface area (Å²) >= 11 is 10.1. The van der Waals surface area contributed by atoms with Crippen molar-refractivity contribution in [1.82, 2.24) is 5.32 Å². The van der Waals surface area contributed by atoms with Crippen LogP contribution in [0.2, 0.25) is 5.02 Å². The molecule has 0 spiro atoms. The van der Waals surface area contributed by atoms with Gasteiger partial charge in [-0.1, -0.05) is 30.7 Å². The summed E-state index contributed by atoms with van der Waals surface area (Å²) in [6, 6.07) is 10.8. The highest BCUT2D eigenvalue weighted by Crippen LogP contribution is 2.25. The number of hydrogen-bond donors (Lipinski definition) is 1. The molecule has 1 nitrogen and oxygen atoms in total. The standard InChI is InChI=1S/C14H15ClINS/c1-2-17-13(11-8-14(16)18-9-11)7-10-3-5-12(15)6-4-10/h3-6,8-9,13,17H,2,7H2,1H3. The van der Waals surface area contributed by atoms with Gasteiger partial charge in [0.05, 0.1) is 2.88 Å². The normalized spacial score (nSPS) is 12.6. The van der Waals surface area contributed by atoms with Crippen LogP contribution in [-0.2, 0) is 6.42 Å². The molecular weight excluding hydrogens is 377 g/mol. The second-order valence-corrected chi connectivity index (χ2v) is 7.37. The summed E-state index contributed by atoms with van der Waals surface area (Å²) in [7, 11) is 0. The lowest BCUT2D eigenvalue weighted by molar-refractivity contribution is 0.551. The second kappa shape index (κ2) is 6.89. The number of likely N-dealkylation sites (N-methyl/N-ethyl adjacent to an activating group) is 1. The fourth-order valence-corrected chi connectivity index (χ4v) is 3.47. The Bertz CT molecular complexity index is 495. The quantitative estimate of drug-likeness (QED) is 0.715. The van der Waals surface area contributed by atoms with E-state index < -0.39 is 0 Å². The summed E-state index contributed by atoms with van der Waals surface area (Å²) in [6.45, 7) is 3.12. The van der Waals surface area contributed by atoms with E-state index in [2.05, 4.69) is 58.4 Å². The average molecular weight is 392 g/mol. The molecule has 0 bridgehead atoms. The first-order valence-electron chi connectivity index (χ1n) is 5.90. The Hall–Kier alpha value is -0.100. The molecule has 1 heterocycles. The fourth-order valence-electron chi connectivity index (χ4n) is 1.92. The topological polar surface area (TPSA) is 12.0 Å². The van der Waals surface area contributed by atoms with Gasteiger partial charge in [0.2, 0.25) is 0 Å². The Balaban J connectivity index is 2.13. The molecule has 18 heavy (non-hydrogen) atoms. The van der Waals surface area contributed by atoms with Crippen molar-refractivity contribution in [2.24, 2.45) is 0 Å². The minimum absolute atomic E-state index is 0.385. The van der Waals surface area contributed by atoms with Crippen molar-refractivity contribution in [1.29, 1.82) is 0 Å². The Morgan fingerprint density at radius 1 is 1.33 bits per heavy atom. The number of thiophene rings is 1. The van der Waals surface area contributed by atoms with E-state index in [1.165, 1.54) is 14.0 Å². The fraction of sp³-hybridized carbons (Fsp3) is 0.286. The van der Waals surface area contributed by atoms with E-state index in [0.29, 0.717) is 6.04 Å². The van der Waals surface area contributed by atoms with E-state index in [4.69, 9.17) is 11.6 Å². The average Bonchev–Trinajstić information content (AvgIpc) is 2.78. The maximum atomic E-state index is 5.91. The van der Waals surface area contributed by atoms with Gasteiger partial charge >= 0.3 is 0 Å². The van der Waals surface area contributed by atoms with Crippen molar-refractivity contribution in [3.8, 4) is 0 Å². The lowest BCUT2D eigenvalue weighted by Crippen LogP contribution is -2.22. The molecule has 1 aromatic heterocycles. The summed E-state index contributed by atoms with van der Waals surface area (Å²) in [5, 5.41) is 6.58. The number of hydrogen-bond acceptors (Lipinski definition) is 2. The Morgan fingerprint density at radius 2 is 2.06 bits per heavy atom. The number of nitrogens with one attached hydrogen (secondary N) is 1. The smallest absolute Gasteiger partial charge is 0.0656 e. The van der Waals surface area contributed by atoms with Crippen LogP contribution in [0.5, 0.6) is 0 Å². The molecule has 0 saturated carbocycles. The molecule has 96 valence electrons. The number of benzene rings is 1. The van der Waals surface area contributed by atoms with Gasteiger partial charge in [-0.15, -0.1) is 11.3 Å². The zero-order chi connectivity index (χ0) is 13.0. The molecule has 0 aliphatic rings. The SMILES string of the molecule is CCNC(Cc1ccc(Cl)cc1)c1csc(I)c1. The lowest BCUT2D eigenvalue weighted by Gasteiger charge is -2.17. The molecule has 4 heteroatoms. The molecular formula is C14H15ClINS. The maximum absolute atomic E-state index is 5.91. The molecule has 0 saturated heterocycles. The summed E-state index contributed by atoms with van der Waals surface area (Å²) in [5.41, 5.74) is 2.69. The van der Waals surface area contributed by atoms with Gasteiger partial charge in [-0.05, 0) is 70.3 Å². The highest BCUT2D eigenvalue weighted by atomic mass is 127. The zero-order valence-electron chi connectivity index (χ0n) is 10.1. The van der Waals surface area contributed by atoms with E-state index >= 15 is 0 Å². The molecule has 0 fully saturated rings. The molecule has 0 aliphatic heterocycles. The van der Waals surface area contributed by atoms with Gasteiger partial charge in [0.15, 0.2) is 0 Å². The summed E-state index contributed by atoms with van der Waals surface area (Å²) in [6.07, 6.45) is 0.998. The van der Waals surface area contributed by atoms with Gasteiger partial charge in [-0.25, -0.2) is 0 Å². The predicted molar refractivity (Wildman–Crippen MR) is 88.6 cm³/mol. The van der Waals surface area contributed by atoms with Gasteiger partial charge in [-0.3, -0.25) is 0 Å². The van der Waals surface area contributed by atoms with Crippen LogP contribution in [0.15, 0.2) is 35.7 Å². The van der Waals surface area contributed by atoms with Crippen LogP contribution in [0.3, 0.4) is 0 Å². The molecule has 0 aliphatic carbocycles. The van der Waals surface area contributed by atoms with Crippen LogP contribution in [0.4, 0.5) is 0 Å². The van der Waals surface area contributed by atoms with Crippen LogP contribution >= 0.6 is 45.5 Å². The highest BCUT2D eigenvalue weighted by Gasteiger charge is 2.12. The lowest BCUT2D eigenvalue weighted by atomic mass is 10.0. The third-order valence-corrected chi connectivity index (χ3v) is 4.85. The van der Waals surface area contributed by atoms with Crippen molar-refractivity contribution in [3.63, 3.8) is 0 Å². The summed E-state index contributed by atoms with van der Waals surface area (Å²) in [5.74, 6) is 0. The van der Waals surface area contributed by atoms with Crippen LogP contribution in [-0.4, -0.2) is 6.54 Å². The summed E-state index contributed by atoms with van der Waals surface area (Å²) in [4.78, 5) is 0. The first-order valence-corrected chi connectivity index (χ1v) is 8.24. The minimum atomic E-state index is 0.385. The van der Waals surface area contributed by atoms with Gasteiger partial charge in [0.25, 0.3) is 0 Å². The third-order valence-electron chi connectivity index (χ3n) is 2.79. The first kappa shape index (κ1) is 14.3. The third kappa shape index (κ3) is 3.95. The van der Waals surface area contributed by atoms with Crippen molar-refractivity contribution in [2.45, 2.75) is 19.4 Å². The number of halogens is 2. The molecule has 0 radical (unpaired) electrons. The van der Waals surface area contributed by atoms with E-state index in [-0.39, 0.29) is 0 Å². The molecule has 1 unspecified atom stereocenters. The van der Waals surface area contributed by atoms with Crippen LogP contribution in [0.1, 0.15) is 24.1 Å². The van der Waals surface area contributed by atoms with Crippen molar-refractivity contribution in [3.05, 3.63) is 54.7 Å². The molecule has 1 atom stereocenters. The molecule has 0 amide bonds. The van der Waals surface area contributed by atoms with E-state index in [9.17, 15) is 0 Å². The monoisotopic (exact) mass is 391 g/mol. The highest BCUT2D eigenvalue weighted by molar-refractivity contribution is 14.1. The number of rotatable bonds is 5. The van der Waals surface area contributed by atoms with Crippen LogP contribution < -0.4 is 5.32 Å². The van der Waals surface area contributed by atoms with Gasteiger partial charge in [0, 0.05) is 11.1 Å². The molecule has 2 aromatic rings. The van der Waals surface area contributed by atoms with Gasteiger partial charge < -0.3 is 5.32 Å². The van der Waals surface area contributed by atoms with Crippen molar-refractivity contribution >= 4 is 45.5 Å². The molecule has 1 aromatic carbocycles. The van der Waals surface area contributed by atoms with E-state index in [1.807, 2.05) is 12.1 Å². The van der Waals surface area contributed by atoms with Gasteiger partial charge in [-0.2, -0.15) is 0 Å². The maximum Gasteiger partial charge on any atom is 0.0656 e. The zero-order valence-corrected chi connectivity index (χ0v) is 13.8. The molecule has 2 rings (SSSR count). The summed E-state index contributed by atoms with van der Waals surface area (Å²) < 4.78 is 1.33. The Kier molecular flexibility index (Phi) is 5.48. The largest absolute Gasteiger partial charge is 0.310 e. The van der Waals surface area contributed by atoms with Crippen molar-refractivity contribution < 1.29 is 0 Å². The van der Waals surface area contributed by atoms with Crippen LogP contribution in [0.25, 0.3) is 0 Å². The molecule has 1 N–H and O–H groups in total. The predicted octanol–water partition coefficient (Wildman–Crippen LogP) is 4.90. The first-order chi connectivity index (χ1) is 8.69. The van der Waals surface area contributed by atoms with Gasteiger partial charge in [0.1, 0.15) is 0 Å². The second-order valence-electron chi connectivity index (χ2n) is 4.13. The van der Waals surface area contributed by atoms with Crippen LogP contribution in [0, 0.1) is 2.88 Å². The van der Waals surface area contributed by atoms with E-state index in [0.717, 1.165) is 18.0 Å². The van der Waals surface area contributed by atoms with Crippen molar-refractivity contribution in [2.75, 3.05) is 6.54 Å². The minimum Gasteiger partial charge on any atom is -0.310 e.